The molecule has 2 fully saturated rings. The van der Waals surface area contributed by atoms with Crippen LogP contribution in [0.2, 0.25) is 0 Å². The SMILES string of the molecule is Nc1ccc(/C2=C3\CCC([N-]3)/C(c3ccc(N)cc3)=c3/cc/c([n-]3)=C(\c3ccc(N)cc3)C3CC/C(=C(\c4ccc(N)cc4)c4ccc2[n-]4)[N-]3)cc1.[Ni+2]. The van der Waals surface area contributed by atoms with Crippen molar-refractivity contribution in [1.29, 1.82) is 0 Å². The molecule has 9 heteroatoms. The van der Waals surface area contributed by atoms with Crippen molar-refractivity contribution >= 4 is 45.0 Å². The average molecular weight is 738 g/mol. The maximum atomic E-state index is 6.16. The molecule has 8 bridgehead atoms. The average Bonchev–Trinajstić information content (AvgIpc) is 3.99. The fourth-order valence-electron chi connectivity index (χ4n) is 7.85. The molecule has 6 aromatic rings. The van der Waals surface area contributed by atoms with Crippen LogP contribution in [0.4, 0.5) is 22.7 Å². The smallest absolute Gasteiger partial charge is 0.681 e. The minimum atomic E-state index is -0.125. The van der Waals surface area contributed by atoms with Gasteiger partial charge in [0.15, 0.2) is 0 Å². The third kappa shape index (κ3) is 6.38. The summed E-state index contributed by atoms with van der Waals surface area (Å²) in [5.74, 6) is 0. The van der Waals surface area contributed by atoms with Crippen LogP contribution in [0.3, 0.4) is 0 Å². The van der Waals surface area contributed by atoms with E-state index in [-0.39, 0.29) is 28.6 Å². The molecule has 53 heavy (non-hydrogen) atoms. The second-order valence-electron chi connectivity index (χ2n) is 13.8. The molecule has 2 atom stereocenters. The molecule has 2 saturated heterocycles. The van der Waals surface area contributed by atoms with Crippen molar-refractivity contribution in [1.82, 2.24) is 9.97 Å². The first kappa shape index (κ1) is 34.1. The Hall–Kier alpha value is -6.05. The van der Waals surface area contributed by atoms with E-state index in [2.05, 4.69) is 72.8 Å². The molecule has 2 aromatic heterocycles. The van der Waals surface area contributed by atoms with Gasteiger partial charge in [0.25, 0.3) is 0 Å². The van der Waals surface area contributed by atoms with Crippen molar-refractivity contribution in [3.8, 4) is 0 Å². The molecule has 0 aliphatic carbocycles. The van der Waals surface area contributed by atoms with E-state index in [0.29, 0.717) is 22.7 Å². The summed E-state index contributed by atoms with van der Waals surface area (Å²) < 4.78 is 0. The van der Waals surface area contributed by atoms with Crippen molar-refractivity contribution in [3.63, 3.8) is 0 Å². The zero-order chi connectivity index (χ0) is 35.3. The molecule has 3 aliphatic heterocycles. The third-order valence-electron chi connectivity index (χ3n) is 10.4. The molecule has 0 amide bonds. The third-order valence-corrected chi connectivity index (χ3v) is 10.4. The summed E-state index contributed by atoms with van der Waals surface area (Å²) in [6.45, 7) is 0. The molecule has 2 unspecified atom stereocenters. The van der Waals surface area contributed by atoms with Gasteiger partial charge in [-0.3, -0.25) is 0 Å². The van der Waals surface area contributed by atoms with E-state index < -0.39 is 0 Å². The van der Waals surface area contributed by atoms with E-state index in [1.807, 2.05) is 48.5 Å². The molecular weight excluding hydrogens is 699 g/mol. The number of nitrogens with zero attached hydrogens (tertiary/aromatic N) is 4. The predicted octanol–water partition coefficient (Wildman–Crippen LogP) is 6.63. The summed E-state index contributed by atoms with van der Waals surface area (Å²) in [5.41, 5.74) is 39.6. The molecule has 8 nitrogen and oxygen atoms in total. The molecule has 266 valence electrons. The van der Waals surface area contributed by atoms with Gasteiger partial charge in [-0.15, -0.1) is 22.1 Å². The van der Waals surface area contributed by atoms with Crippen LogP contribution in [0.1, 0.15) is 59.3 Å². The Balaban J connectivity index is 0.00000400. The summed E-state index contributed by atoms with van der Waals surface area (Å²) in [5, 5.41) is 12.8. The van der Waals surface area contributed by atoms with Crippen molar-refractivity contribution < 1.29 is 16.5 Å². The molecule has 8 N–H and O–H groups in total. The van der Waals surface area contributed by atoms with Crippen LogP contribution >= 0.6 is 0 Å². The maximum absolute atomic E-state index is 6.16. The van der Waals surface area contributed by atoms with E-state index in [4.69, 9.17) is 43.5 Å². The van der Waals surface area contributed by atoms with Gasteiger partial charge in [-0.1, -0.05) is 120 Å². The van der Waals surface area contributed by atoms with Gasteiger partial charge in [0, 0.05) is 22.7 Å². The Morgan fingerprint density at radius 3 is 1.09 bits per heavy atom. The number of aromatic nitrogens is 2. The van der Waals surface area contributed by atoms with Gasteiger partial charge in [-0.05, 0) is 83.6 Å². The van der Waals surface area contributed by atoms with E-state index >= 15 is 0 Å². The molecule has 9 rings (SSSR count). The predicted molar refractivity (Wildman–Crippen MR) is 212 cm³/mol. The van der Waals surface area contributed by atoms with Crippen molar-refractivity contribution in [2.24, 2.45) is 0 Å². The summed E-state index contributed by atoms with van der Waals surface area (Å²) in [6, 6.07) is 40.3. The summed E-state index contributed by atoms with van der Waals surface area (Å²) in [4.78, 5) is 10.8. The monoisotopic (exact) mass is 736 g/mol. The molecule has 3 aliphatic rings. The summed E-state index contributed by atoms with van der Waals surface area (Å²) in [6.07, 6.45) is 3.22. The first-order chi connectivity index (χ1) is 25.4. The zero-order valence-electron chi connectivity index (χ0n) is 28.9. The fraction of sp³-hybridized carbons (Fsp3) is 0.136. The van der Waals surface area contributed by atoms with Gasteiger partial charge in [-0.25, -0.2) is 0 Å². The largest absolute Gasteiger partial charge is 2.00 e. The molecule has 0 radical (unpaired) electrons. The van der Waals surface area contributed by atoms with E-state index in [9.17, 15) is 0 Å². The van der Waals surface area contributed by atoms with Crippen molar-refractivity contribution in [2.45, 2.75) is 37.8 Å². The molecule has 0 spiro atoms. The van der Waals surface area contributed by atoms with Crippen molar-refractivity contribution in [2.75, 3.05) is 22.9 Å². The number of allylic oxidation sites excluding steroid dienone is 2. The number of anilines is 4. The second-order valence-corrected chi connectivity index (χ2v) is 13.8. The Bertz CT molecular complexity index is 2310. The molecule has 4 aromatic carbocycles. The second kappa shape index (κ2) is 13.8. The standard InChI is InChI=1S/C44H38N8.Ni/c45-29-9-1-25(2-10-29)41-33-17-19-35(49-33)42(26-3-11-30(46)12-4-26)37-21-23-39(51-37)44(28-7-15-32(48)16-8-28)40-24-22-38(52-40)43(36-20-18-34(41)50-36)27-5-13-31(47)14-6-27;/h1-17,19,22,24,34,37H,18,20-21,23,45-48H2;/q-4;+2/b41-33-,42-35-,43-36-,44-39-;. The van der Waals surface area contributed by atoms with Crippen LogP contribution in [-0.2, 0) is 16.5 Å². The molecule has 0 saturated carbocycles. The number of hydrogen-bond donors (Lipinski definition) is 4. The quantitative estimate of drug-likeness (QED) is 0.117. The number of rotatable bonds is 4. The summed E-state index contributed by atoms with van der Waals surface area (Å²) >= 11 is 0. The van der Waals surface area contributed by atoms with Gasteiger partial charge in [0.05, 0.1) is 0 Å². The van der Waals surface area contributed by atoms with Crippen LogP contribution in [0.5, 0.6) is 0 Å². The Morgan fingerprint density at radius 2 is 0.736 bits per heavy atom. The summed E-state index contributed by atoms with van der Waals surface area (Å²) in [7, 11) is 0. The number of fused-ring (bicyclic) bond motifs is 8. The minimum Gasteiger partial charge on any atom is -0.681 e. The van der Waals surface area contributed by atoms with E-state index in [1.165, 1.54) is 0 Å². The zero-order valence-corrected chi connectivity index (χ0v) is 29.9. The Kier molecular flexibility index (Phi) is 8.89. The van der Waals surface area contributed by atoms with Crippen molar-refractivity contribution in [3.05, 3.63) is 188 Å². The van der Waals surface area contributed by atoms with Gasteiger partial charge in [0.1, 0.15) is 0 Å². The first-order valence-electron chi connectivity index (χ1n) is 17.7. The van der Waals surface area contributed by atoms with Gasteiger partial charge >= 0.3 is 16.5 Å². The number of benzene rings is 4. The Morgan fingerprint density at radius 1 is 0.396 bits per heavy atom. The number of nitrogens with two attached hydrogens (primary N) is 4. The van der Waals surface area contributed by atoms with Crippen LogP contribution in [-0.4, -0.2) is 12.1 Å². The minimum absolute atomic E-state index is 0. The first-order valence-corrected chi connectivity index (χ1v) is 17.7. The normalized spacial score (nSPS) is 22.9. The maximum Gasteiger partial charge on any atom is 2.00 e. The molecule has 5 heterocycles. The topological polar surface area (TPSA) is 160 Å². The Labute approximate surface area is 318 Å². The van der Waals surface area contributed by atoms with E-state index in [0.717, 1.165) is 104 Å². The van der Waals surface area contributed by atoms with Gasteiger partial charge < -0.3 is 43.5 Å². The van der Waals surface area contributed by atoms with E-state index in [1.54, 1.807) is 0 Å². The van der Waals surface area contributed by atoms with Crippen LogP contribution < -0.4 is 43.6 Å². The van der Waals surface area contributed by atoms with Crippen LogP contribution in [0.15, 0.2) is 133 Å². The van der Waals surface area contributed by atoms with Crippen LogP contribution in [0.25, 0.3) is 32.9 Å². The number of hydrogen-bond acceptors (Lipinski definition) is 4. The van der Waals surface area contributed by atoms with Gasteiger partial charge in [-0.2, -0.15) is 11.4 Å². The number of nitrogen functional groups attached to an aromatic ring is 4. The fourth-order valence-corrected chi connectivity index (χ4v) is 7.85. The van der Waals surface area contributed by atoms with Crippen LogP contribution in [0, 0.1) is 0 Å². The van der Waals surface area contributed by atoms with Gasteiger partial charge in [0.2, 0.25) is 0 Å². The molecular formula is C44H38N8Ni-2.